The number of hydrogen-bond donors (Lipinski definition) is 1. The summed E-state index contributed by atoms with van der Waals surface area (Å²) in [5.41, 5.74) is 0. The fourth-order valence-electron chi connectivity index (χ4n) is 2.71. The molecule has 1 N–H and O–H groups in total. The zero-order chi connectivity index (χ0) is 16.2. The zero-order valence-electron chi connectivity index (χ0n) is 15.2. The number of likely N-dealkylation sites (tertiary alicyclic amines) is 1. The summed E-state index contributed by atoms with van der Waals surface area (Å²) in [7, 11) is 5.65. The molecule has 0 aromatic carbocycles. The highest BCUT2D eigenvalue weighted by atomic mass is 127. The summed E-state index contributed by atoms with van der Waals surface area (Å²) < 4.78 is 10.4. The lowest BCUT2D eigenvalue weighted by Crippen LogP contribution is -2.40. The van der Waals surface area contributed by atoms with Crippen LogP contribution in [-0.2, 0) is 9.47 Å². The molecule has 23 heavy (non-hydrogen) atoms. The summed E-state index contributed by atoms with van der Waals surface area (Å²) in [6.07, 6.45) is 2.27. The summed E-state index contributed by atoms with van der Waals surface area (Å²) in [6.45, 7) is 9.70. The molecule has 1 aliphatic heterocycles. The van der Waals surface area contributed by atoms with Crippen molar-refractivity contribution in [3.8, 4) is 0 Å². The van der Waals surface area contributed by atoms with Crippen LogP contribution in [0.25, 0.3) is 0 Å². The lowest BCUT2D eigenvalue weighted by atomic mass is 10.1. The molecule has 0 radical (unpaired) electrons. The molecule has 0 spiro atoms. The molecule has 0 saturated carbocycles. The van der Waals surface area contributed by atoms with Gasteiger partial charge in [0, 0.05) is 52.9 Å². The van der Waals surface area contributed by atoms with Crippen LogP contribution in [0.4, 0.5) is 0 Å². The maximum atomic E-state index is 5.27. The van der Waals surface area contributed by atoms with Gasteiger partial charge in [-0.05, 0) is 33.4 Å². The van der Waals surface area contributed by atoms with Gasteiger partial charge in [0.2, 0.25) is 0 Å². The van der Waals surface area contributed by atoms with E-state index in [9.17, 15) is 0 Å². The molecule has 1 unspecified atom stereocenters. The molecule has 1 heterocycles. The number of nitrogens with zero attached hydrogens (tertiary/aromatic N) is 3. The van der Waals surface area contributed by atoms with Crippen LogP contribution in [0.2, 0.25) is 0 Å². The van der Waals surface area contributed by atoms with E-state index in [1.54, 1.807) is 14.2 Å². The van der Waals surface area contributed by atoms with Crippen LogP contribution in [0.1, 0.15) is 19.8 Å². The number of methoxy groups -OCH3 is 2. The number of nitrogens with one attached hydrogen (secondary N) is 1. The van der Waals surface area contributed by atoms with E-state index in [1.807, 2.05) is 0 Å². The minimum Gasteiger partial charge on any atom is -0.384 e. The van der Waals surface area contributed by atoms with Crippen LogP contribution >= 0.6 is 24.0 Å². The molecule has 0 amide bonds. The number of likely N-dealkylation sites (N-methyl/N-ethyl adjacent to an activating group) is 1. The lowest BCUT2D eigenvalue weighted by Gasteiger charge is -2.22. The van der Waals surface area contributed by atoms with Crippen LogP contribution in [0.15, 0.2) is 4.99 Å². The van der Waals surface area contributed by atoms with Gasteiger partial charge in [-0.3, -0.25) is 4.99 Å². The van der Waals surface area contributed by atoms with Gasteiger partial charge in [0.05, 0.1) is 13.2 Å². The predicted molar refractivity (Wildman–Crippen MR) is 107 cm³/mol. The largest absolute Gasteiger partial charge is 0.384 e. The molecule has 1 rings (SSSR count). The molecule has 1 atom stereocenters. The Morgan fingerprint density at radius 3 is 2.74 bits per heavy atom. The highest BCUT2D eigenvalue weighted by Gasteiger charge is 2.24. The molecule has 138 valence electrons. The van der Waals surface area contributed by atoms with E-state index in [0.717, 1.165) is 64.9 Å². The lowest BCUT2D eigenvalue weighted by molar-refractivity contribution is 0.157. The summed E-state index contributed by atoms with van der Waals surface area (Å²) in [5.74, 6) is 1.69. The summed E-state index contributed by atoms with van der Waals surface area (Å²) in [6, 6.07) is 0. The maximum absolute atomic E-state index is 5.27. The summed E-state index contributed by atoms with van der Waals surface area (Å²) in [4.78, 5) is 9.43. The fourth-order valence-corrected chi connectivity index (χ4v) is 2.71. The summed E-state index contributed by atoms with van der Waals surface area (Å²) >= 11 is 0. The van der Waals surface area contributed by atoms with Crippen LogP contribution in [0.5, 0.6) is 0 Å². The molecule has 6 nitrogen and oxygen atoms in total. The molecular weight excluding hydrogens is 407 g/mol. The second kappa shape index (κ2) is 14.2. The third kappa shape index (κ3) is 9.69. The second-order valence-corrected chi connectivity index (χ2v) is 5.94. The first kappa shape index (κ1) is 22.9. The molecule has 1 fully saturated rings. The fraction of sp³-hybridized carbons (Fsp3) is 0.938. The number of aliphatic imine (C=N–C) groups is 1. The monoisotopic (exact) mass is 442 g/mol. The minimum atomic E-state index is 0. The smallest absolute Gasteiger partial charge is 0.193 e. The van der Waals surface area contributed by atoms with Crippen molar-refractivity contribution in [2.75, 3.05) is 73.7 Å². The van der Waals surface area contributed by atoms with E-state index in [-0.39, 0.29) is 24.0 Å². The van der Waals surface area contributed by atoms with Crippen LogP contribution < -0.4 is 5.32 Å². The van der Waals surface area contributed by atoms with Gasteiger partial charge in [0.25, 0.3) is 0 Å². The Hall–Kier alpha value is -0.120. The molecule has 0 aliphatic carbocycles. The van der Waals surface area contributed by atoms with E-state index in [2.05, 4.69) is 29.1 Å². The second-order valence-electron chi connectivity index (χ2n) is 5.94. The molecule has 7 heteroatoms. The van der Waals surface area contributed by atoms with Gasteiger partial charge in [-0.2, -0.15) is 0 Å². The molecule has 0 aromatic heterocycles. The SMILES string of the molecule is CCNC(=NCCCN(C)CCOC)N1CCC(COC)C1.I. The normalized spacial score (nSPS) is 18.4. The Kier molecular flexibility index (Phi) is 14.2. The number of ether oxygens (including phenoxy) is 2. The van der Waals surface area contributed by atoms with Gasteiger partial charge in [-0.1, -0.05) is 0 Å². The van der Waals surface area contributed by atoms with Gasteiger partial charge in [0.15, 0.2) is 5.96 Å². The minimum absolute atomic E-state index is 0. The first-order chi connectivity index (χ1) is 10.7. The van der Waals surface area contributed by atoms with Crippen LogP contribution in [-0.4, -0.2) is 89.5 Å². The Balaban J connectivity index is 0.00000484. The standard InChI is InChI=1S/C16H34N4O2.HI/c1-5-17-16(20-10-7-15(13-20)14-22-4)18-8-6-9-19(2)11-12-21-3;/h15H,5-14H2,1-4H3,(H,17,18);1H. The van der Waals surface area contributed by atoms with E-state index >= 15 is 0 Å². The average molecular weight is 442 g/mol. The van der Waals surface area contributed by atoms with Crippen molar-refractivity contribution in [3.05, 3.63) is 0 Å². The van der Waals surface area contributed by atoms with Crippen molar-refractivity contribution in [1.29, 1.82) is 0 Å². The Labute approximate surface area is 159 Å². The van der Waals surface area contributed by atoms with Crippen molar-refractivity contribution in [2.45, 2.75) is 19.8 Å². The quantitative estimate of drug-likeness (QED) is 0.241. The predicted octanol–water partition coefficient (Wildman–Crippen LogP) is 1.51. The number of hydrogen-bond acceptors (Lipinski definition) is 4. The Morgan fingerprint density at radius 1 is 1.30 bits per heavy atom. The zero-order valence-corrected chi connectivity index (χ0v) is 17.5. The van der Waals surface area contributed by atoms with Crippen molar-refractivity contribution < 1.29 is 9.47 Å². The average Bonchev–Trinajstić information content (AvgIpc) is 2.97. The van der Waals surface area contributed by atoms with Crippen molar-refractivity contribution >= 4 is 29.9 Å². The van der Waals surface area contributed by atoms with E-state index in [0.29, 0.717) is 5.92 Å². The van der Waals surface area contributed by atoms with Crippen LogP contribution in [0, 0.1) is 5.92 Å². The Bertz CT molecular complexity index is 318. The highest BCUT2D eigenvalue weighted by molar-refractivity contribution is 14.0. The van der Waals surface area contributed by atoms with Gasteiger partial charge in [-0.25, -0.2) is 0 Å². The topological polar surface area (TPSA) is 49.3 Å². The van der Waals surface area contributed by atoms with Crippen molar-refractivity contribution in [1.82, 2.24) is 15.1 Å². The van der Waals surface area contributed by atoms with E-state index in [4.69, 9.17) is 14.5 Å². The van der Waals surface area contributed by atoms with Gasteiger partial charge in [0.1, 0.15) is 0 Å². The Morgan fingerprint density at radius 2 is 2.09 bits per heavy atom. The summed E-state index contributed by atoms with van der Waals surface area (Å²) in [5, 5.41) is 3.41. The first-order valence-electron chi connectivity index (χ1n) is 8.40. The third-order valence-electron chi connectivity index (χ3n) is 3.96. The van der Waals surface area contributed by atoms with Crippen LogP contribution in [0.3, 0.4) is 0 Å². The molecular formula is C16H35IN4O2. The van der Waals surface area contributed by atoms with Crippen molar-refractivity contribution in [2.24, 2.45) is 10.9 Å². The molecule has 0 bridgehead atoms. The first-order valence-corrected chi connectivity index (χ1v) is 8.40. The third-order valence-corrected chi connectivity index (χ3v) is 3.96. The van der Waals surface area contributed by atoms with Gasteiger partial charge < -0.3 is 24.6 Å². The molecule has 0 aromatic rings. The van der Waals surface area contributed by atoms with Crippen molar-refractivity contribution in [3.63, 3.8) is 0 Å². The van der Waals surface area contributed by atoms with E-state index < -0.39 is 0 Å². The molecule has 1 aliphatic rings. The number of halogens is 1. The highest BCUT2D eigenvalue weighted by Crippen LogP contribution is 2.16. The van der Waals surface area contributed by atoms with Gasteiger partial charge in [-0.15, -0.1) is 24.0 Å². The molecule has 1 saturated heterocycles. The van der Waals surface area contributed by atoms with E-state index in [1.165, 1.54) is 6.42 Å². The van der Waals surface area contributed by atoms with Gasteiger partial charge >= 0.3 is 0 Å². The maximum Gasteiger partial charge on any atom is 0.193 e. The number of rotatable bonds is 10. The number of guanidine groups is 1.